The van der Waals surface area contributed by atoms with Gasteiger partial charge in [0.2, 0.25) is 5.90 Å². The molecule has 4 nitrogen and oxygen atoms in total. The molecule has 1 amide bonds. The van der Waals surface area contributed by atoms with E-state index in [9.17, 15) is 4.79 Å². The molecule has 0 aromatic rings. The molecule has 0 spiro atoms. The summed E-state index contributed by atoms with van der Waals surface area (Å²) in [6.07, 6.45) is 0. The van der Waals surface area contributed by atoms with Crippen LogP contribution in [-0.2, 0) is 9.53 Å². The molecule has 0 atom stereocenters. The molecule has 0 unspecified atom stereocenters. The lowest BCUT2D eigenvalue weighted by atomic mass is 10.2. The highest BCUT2D eigenvalue weighted by Crippen LogP contribution is 2.05. The van der Waals surface area contributed by atoms with E-state index >= 15 is 0 Å². The average molecular weight is 156 g/mol. The van der Waals surface area contributed by atoms with Crippen molar-refractivity contribution in [2.45, 2.75) is 13.8 Å². The molecular formula is C7H12N2O2. The van der Waals surface area contributed by atoms with Crippen molar-refractivity contribution in [3.63, 3.8) is 0 Å². The van der Waals surface area contributed by atoms with Crippen LogP contribution >= 0.6 is 0 Å². The number of carbonyl (C=O) groups is 1. The maximum Gasteiger partial charge on any atom is 0.280 e. The molecule has 0 aromatic carbocycles. The molecule has 0 aromatic heterocycles. The molecule has 0 saturated carbocycles. The molecule has 0 bridgehead atoms. The summed E-state index contributed by atoms with van der Waals surface area (Å²) in [5, 5.41) is 5.26. The van der Waals surface area contributed by atoms with Gasteiger partial charge in [-0.25, -0.2) is 5.01 Å². The van der Waals surface area contributed by atoms with E-state index in [4.69, 9.17) is 4.74 Å². The second-order valence-electron chi connectivity index (χ2n) is 2.80. The zero-order valence-corrected chi connectivity index (χ0v) is 7.00. The quantitative estimate of drug-likeness (QED) is 0.553. The minimum atomic E-state index is -0.102. The second-order valence-corrected chi connectivity index (χ2v) is 2.80. The summed E-state index contributed by atoms with van der Waals surface area (Å²) in [5.41, 5.74) is 0. The van der Waals surface area contributed by atoms with Crippen molar-refractivity contribution in [3.8, 4) is 0 Å². The molecule has 1 aliphatic rings. The number of hydrogen-bond donors (Lipinski definition) is 0. The Hall–Kier alpha value is -1.06. The van der Waals surface area contributed by atoms with Gasteiger partial charge in [-0.05, 0) is 0 Å². The van der Waals surface area contributed by atoms with Crippen LogP contribution in [-0.4, -0.2) is 30.5 Å². The van der Waals surface area contributed by atoms with Crippen molar-refractivity contribution >= 4 is 11.8 Å². The number of ether oxygens (including phenoxy) is 1. The Morgan fingerprint density at radius 1 is 1.64 bits per heavy atom. The van der Waals surface area contributed by atoms with Crippen molar-refractivity contribution in [1.82, 2.24) is 5.01 Å². The number of amides is 1. The summed E-state index contributed by atoms with van der Waals surface area (Å²) >= 11 is 0. The van der Waals surface area contributed by atoms with Gasteiger partial charge in [-0.2, -0.15) is 0 Å². The maximum atomic E-state index is 10.9. The van der Waals surface area contributed by atoms with E-state index in [0.29, 0.717) is 5.90 Å². The monoisotopic (exact) mass is 156 g/mol. The van der Waals surface area contributed by atoms with Crippen LogP contribution in [0.4, 0.5) is 0 Å². The molecule has 0 saturated heterocycles. The van der Waals surface area contributed by atoms with Crippen LogP contribution in [0.1, 0.15) is 13.8 Å². The molecule has 0 radical (unpaired) electrons. The minimum absolute atomic E-state index is 0.102. The topological polar surface area (TPSA) is 41.9 Å². The van der Waals surface area contributed by atoms with Crippen LogP contribution in [0.2, 0.25) is 0 Å². The first-order chi connectivity index (χ1) is 5.11. The van der Waals surface area contributed by atoms with Crippen molar-refractivity contribution in [2.75, 3.05) is 13.7 Å². The number of carbonyl (C=O) groups excluding carboxylic acids is 1. The lowest BCUT2D eigenvalue weighted by molar-refractivity contribution is -0.134. The Bertz CT molecular complexity index is 199. The van der Waals surface area contributed by atoms with Gasteiger partial charge in [0.15, 0.2) is 6.61 Å². The highest BCUT2D eigenvalue weighted by atomic mass is 16.5. The third-order valence-corrected chi connectivity index (χ3v) is 1.45. The van der Waals surface area contributed by atoms with Gasteiger partial charge in [0.05, 0.1) is 0 Å². The van der Waals surface area contributed by atoms with Gasteiger partial charge in [0.1, 0.15) is 0 Å². The van der Waals surface area contributed by atoms with E-state index < -0.39 is 0 Å². The van der Waals surface area contributed by atoms with Gasteiger partial charge < -0.3 is 4.74 Å². The molecule has 1 aliphatic heterocycles. The highest BCUT2D eigenvalue weighted by Gasteiger charge is 2.19. The van der Waals surface area contributed by atoms with E-state index in [1.165, 1.54) is 5.01 Å². The Kier molecular flexibility index (Phi) is 2.12. The maximum absolute atomic E-state index is 10.9. The van der Waals surface area contributed by atoms with Crippen molar-refractivity contribution in [1.29, 1.82) is 0 Å². The largest absolute Gasteiger partial charge is 0.469 e. The first-order valence-electron chi connectivity index (χ1n) is 3.59. The summed E-state index contributed by atoms with van der Waals surface area (Å²) in [7, 11) is 1.63. The third-order valence-electron chi connectivity index (χ3n) is 1.45. The van der Waals surface area contributed by atoms with Crippen molar-refractivity contribution in [3.05, 3.63) is 0 Å². The Morgan fingerprint density at radius 3 is 2.73 bits per heavy atom. The number of likely N-dealkylation sites (N-methyl/N-ethyl adjacent to an activating group) is 1. The second kappa shape index (κ2) is 2.90. The van der Waals surface area contributed by atoms with Crippen LogP contribution in [0.15, 0.2) is 5.10 Å². The average Bonchev–Trinajstić information content (AvgIpc) is 1.94. The van der Waals surface area contributed by atoms with Gasteiger partial charge >= 0.3 is 0 Å². The van der Waals surface area contributed by atoms with Gasteiger partial charge in [-0.1, -0.05) is 13.8 Å². The molecule has 0 N–H and O–H groups in total. The third kappa shape index (κ3) is 1.69. The van der Waals surface area contributed by atoms with E-state index in [0.717, 1.165) is 0 Å². The first kappa shape index (κ1) is 8.04. The van der Waals surface area contributed by atoms with Crippen LogP contribution in [0.3, 0.4) is 0 Å². The fourth-order valence-electron chi connectivity index (χ4n) is 0.744. The van der Waals surface area contributed by atoms with Crippen LogP contribution in [0.25, 0.3) is 0 Å². The minimum Gasteiger partial charge on any atom is -0.469 e. The molecule has 4 heteroatoms. The Balaban J connectivity index is 2.71. The molecule has 0 aliphatic carbocycles. The Labute approximate surface area is 65.8 Å². The lowest BCUT2D eigenvalue weighted by Crippen LogP contribution is -2.35. The standard InChI is InChI=1S/C7H12N2O2/c1-5(2)7-8-9(3)6(10)4-11-7/h5H,4H2,1-3H3. The zero-order chi connectivity index (χ0) is 8.43. The van der Waals surface area contributed by atoms with Crippen molar-refractivity contribution < 1.29 is 9.53 Å². The SMILES string of the molecule is CC(C)C1=NN(C)C(=O)CO1. The first-order valence-corrected chi connectivity index (χ1v) is 3.59. The van der Waals surface area contributed by atoms with Gasteiger partial charge in [0.25, 0.3) is 5.91 Å². The smallest absolute Gasteiger partial charge is 0.280 e. The molecule has 1 rings (SSSR count). The fraction of sp³-hybridized carbons (Fsp3) is 0.714. The van der Waals surface area contributed by atoms with Gasteiger partial charge in [-0.3, -0.25) is 4.79 Å². The van der Waals surface area contributed by atoms with E-state index in [1.54, 1.807) is 7.05 Å². The molecule has 11 heavy (non-hydrogen) atoms. The number of hydrazone groups is 1. The predicted molar refractivity (Wildman–Crippen MR) is 41.0 cm³/mol. The van der Waals surface area contributed by atoms with E-state index in [-0.39, 0.29) is 18.4 Å². The van der Waals surface area contributed by atoms with E-state index in [1.807, 2.05) is 13.8 Å². The lowest BCUT2D eigenvalue weighted by Gasteiger charge is -2.21. The van der Waals surface area contributed by atoms with Crippen LogP contribution in [0, 0.1) is 5.92 Å². The van der Waals surface area contributed by atoms with Crippen molar-refractivity contribution in [2.24, 2.45) is 11.0 Å². The molecule has 1 heterocycles. The Morgan fingerprint density at radius 2 is 2.27 bits per heavy atom. The summed E-state index contributed by atoms with van der Waals surface area (Å²) < 4.78 is 5.08. The number of rotatable bonds is 1. The summed E-state index contributed by atoms with van der Waals surface area (Å²) in [5.74, 6) is 0.770. The molecule has 0 fully saturated rings. The van der Waals surface area contributed by atoms with Crippen LogP contribution in [0.5, 0.6) is 0 Å². The number of hydrogen-bond acceptors (Lipinski definition) is 3. The van der Waals surface area contributed by atoms with E-state index in [2.05, 4.69) is 5.10 Å². The summed E-state index contributed by atoms with van der Waals surface area (Å²) in [4.78, 5) is 10.9. The number of nitrogens with zero attached hydrogens (tertiary/aromatic N) is 2. The fourth-order valence-corrected chi connectivity index (χ4v) is 0.744. The summed E-state index contributed by atoms with van der Waals surface area (Å²) in [6.45, 7) is 4.07. The normalized spacial score (nSPS) is 18.4. The van der Waals surface area contributed by atoms with Gasteiger partial charge in [-0.15, -0.1) is 5.10 Å². The molecular weight excluding hydrogens is 144 g/mol. The molecule has 62 valence electrons. The predicted octanol–water partition coefficient (Wildman–Crippen LogP) is 0.444. The summed E-state index contributed by atoms with van der Waals surface area (Å²) in [6, 6.07) is 0. The zero-order valence-electron chi connectivity index (χ0n) is 7.00. The van der Waals surface area contributed by atoms with Gasteiger partial charge in [0, 0.05) is 13.0 Å². The highest BCUT2D eigenvalue weighted by molar-refractivity contribution is 5.87. The van der Waals surface area contributed by atoms with Crippen LogP contribution < -0.4 is 0 Å².